The summed E-state index contributed by atoms with van der Waals surface area (Å²) >= 11 is 6.08. The van der Waals surface area contributed by atoms with Crippen LogP contribution in [-0.2, 0) is 0 Å². The van der Waals surface area contributed by atoms with Crippen LogP contribution in [0.25, 0.3) is 11.1 Å². The minimum Gasteiger partial charge on any atom is -0.439 e. The molecule has 0 amide bonds. The first kappa shape index (κ1) is 11.1. The van der Waals surface area contributed by atoms with Gasteiger partial charge in [0.15, 0.2) is 11.5 Å². The van der Waals surface area contributed by atoms with Crippen molar-refractivity contribution >= 4 is 22.7 Å². The van der Waals surface area contributed by atoms with Crippen LogP contribution in [0.1, 0.15) is 37.5 Å². The lowest BCUT2D eigenvalue weighted by Gasteiger charge is -2.23. The van der Waals surface area contributed by atoms with E-state index in [1.54, 1.807) is 0 Å². The minimum atomic E-state index is 0.346. The summed E-state index contributed by atoms with van der Waals surface area (Å²) in [6.45, 7) is 0. The summed E-state index contributed by atoms with van der Waals surface area (Å²) in [6, 6.07) is 6.01. The Morgan fingerprint density at radius 3 is 2.71 bits per heavy atom. The Bertz CT molecular complexity index is 529. The van der Waals surface area contributed by atoms with Crippen LogP contribution in [0, 0.1) is 0 Å². The van der Waals surface area contributed by atoms with E-state index in [0.29, 0.717) is 22.6 Å². The summed E-state index contributed by atoms with van der Waals surface area (Å²) < 4.78 is 5.79. The molecule has 1 aromatic heterocycles. The lowest BCUT2D eigenvalue weighted by Crippen LogP contribution is -2.25. The van der Waals surface area contributed by atoms with Crippen molar-refractivity contribution in [2.24, 2.45) is 5.73 Å². The van der Waals surface area contributed by atoms with Crippen LogP contribution in [0.3, 0.4) is 0 Å². The molecule has 0 saturated heterocycles. The van der Waals surface area contributed by atoms with Gasteiger partial charge in [-0.1, -0.05) is 17.7 Å². The summed E-state index contributed by atoms with van der Waals surface area (Å²) in [6.07, 6.45) is 4.23. The highest BCUT2D eigenvalue weighted by molar-refractivity contribution is 6.34. The van der Waals surface area contributed by atoms with Gasteiger partial charge < -0.3 is 10.2 Å². The molecule has 4 heteroatoms. The third kappa shape index (κ3) is 2.05. The van der Waals surface area contributed by atoms with E-state index >= 15 is 0 Å². The Morgan fingerprint density at radius 2 is 2.00 bits per heavy atom. The largest absolute Gasteiger partial charge is 0.439 e. The molecule has 90 valence electrons. The molecule has 1 aliphatic carbocycles. The Balaban J connectivity index is 1.93. The number of halogens is 1. The molecule has 0 bridgehead atoms. The fraction of sp³-hybridized carbons (Fsp3) is 0.462. The van der Waals surface area contributed by atoms with Gasteiger partial charge in [-0.3, -0.25) is 0 Å². The summed E-state index contributed by atoms with van der Waals surface area (Å²) in [4.78, 5) is 4.53. The zero-order chi connectivity index (χ0) is 11.8. The van der Waals surface area contributed by atoms with E-state index in [-0.39, 0.29) is 0 Å². The topological polar surface area (TPSA) is 52.0 Å². The van der Waals surface area contributed by atoms with Crippen molar-refractivity contribution in [1.82, 2.24) is 4.98 Å². The van der Waals surface area contributed by atoms with Crippen molar-refractivity contribution in [3.8, 4) is 0 Å². The van der Waals surface area contributed by atoms with Crippen molar-refractivity contribution in [2.45, 2.75) is 37.6 Å². The number of hydrogen-bond acceptors (Lipinski definition) is 3. The molecule has 3 rings (SSSR count). The van der Waals surface area contributed by atoms with E-state index in [0.717, 1.165) is 37.1 Å². The van der Waals surface area contributed by atoms with E-state index < -0.39 is 0 Å². The number of benzene rings is 1. The average molecular weight is 251 g/mol. The van der Waals surface area contributed by atoms with Gasteiger partial charge in [0.25, 0.3) is 0 Å². The number of fused-ring (bicyclic) bond motifs is 1. The SMILES string of the molecule is NC1CCC(c2nc3cccc(Cl)c3o2)CC1. The highest BCUT2D eigenvalue weighted by atomic mass is 35.5. The maximum absolute atomic E-state index is 6.08. The molecule has 1 fully saturated rings. The van der Waals surface area contributed by atoms with E-state index in [4.69, 9.17) is 21.8 Å². The molecule has 0 spiro atoms. The van der Waals surface area contributed by atoms with Gasteiger partial charge in [0, 0.05) is 12.0 Å². The maximum atomic E-state index is 6.08. The third-order valence-corrected chi connectivity index (χ3v) is 3.80. The van der Waals surface area contributed by atoms with Crippen LogP contribution in [0.4, 0.5) is 0 Å². The van der Waals surface area contributed by atoms with Crippen LogP contribution < -0.4 is 5.73 Å². The second-order valence-electron chi connectivity index (χ2n) is 4.75. The first-order chi connectivity index (χ1) is 8.24. The smallest absolute Gasteiger partial charge is 0.198 e. The van der Waals surface area contributed by atoms with Crippen LogP contribution in [0.5, 0.6) is 0 Å². The van der Waals surface area contributed by atoms with Crippen LogP contribution in [-0.4, -0.2) is 11.0 Å². The summed E-state index contributed by atoms with van der Waals surface area (Å²) in [7, 11) is 0. The van der Waals surface area contributed by atoms with Crippen molar-refractivity contribution in [2.75, 3.05) is 0 Å². The molecule has 0 atom stereocenters. The van der Waals surface area contributed by atoms with Gasteiger partial charge in [-0.05, 0) is 37.8 Å². The van der Waals surface area contributed by atoms with Gasteiger partial charge in [-0.25, -0.2) is 4.98 Å². The van der Waals surface area contributed by atoms with E-state index in [2.05, 4.69) is 4.98 Å². The number of aromatic nitrogens is 1. The van der Waals surface area contributed by atoms with Gasteiger partial charge in [-0.2, -0.15) is 0 Å². The van der Waals surface area contributed by atoms with E-state index in [1.165, 1.54) is 0 Å². The number of nitrogens with two attached hydrogens (primary N) is 1. The van der Waals surface area contributed by atoms with Crippen LogP contribution in [0.2, 0.25) is 5.02 Å². The molecule has 1 aliphatic rings. The average Bonchev–Trinajstić information content (AvgIpc) is 2.75. The lowest BCUT2D eigenvalue weighted by molar-refractivity contribution is 0.346. The highest BCUT2D eigenvalue weighted by Crippen LogP contribution is 2.34. The number of nitrogens with zero attached hydrogens (tertiary/aromatic N) is 1. The Kier molecular flexibility index (Phi) is 2.81. The predicted octanol–water partition coefficient (Wildman–Crippen LogP) is 3.47. The van der Waals surface area contributed by atoms with Crippen molar-refractivity contribution in [3.05, 3.63) is 29.1 Å². The first-order valence-electron chi connectivity index (χ1n) is 6.04. The molecular formula is C13H15ClN2O. The standard InChI is InChI=1S/C13H15ClN2O/c14-10-2-1-3-11-12(10)17-13(16-11)8-4-6-9(15)7-5-8/h1-3,8-9H,4-7,15H2. The van der Waals surface area contributed by atoms with Crippen molar-refractivity contribution in [3.63, 3.8) is 0 Å². The lowest BCUT2D eigenvalue weighted by atomic mass is 9.86. The van der Waals surface area contributed by atoms with Gasteiger partial charge in [-0.15, -0.1) is 0 Å². The molecule has 1 heterocycles. The summed E-state index contributed by atoms with van der Waals surface area (Å²) in [5.41, 5.74) is 7.46. The normalized spacial score (nSPS) is 25.3. The highest BCUT2D eigenvalue weighted by Gasteiger charge is 2.24. The first-order valence-corrected chi connectivity index (χ1v) is 6.42. The molecule has 0 aliphatic heterocycles. The summed E-state index contributed by atoms with van der Waals surface area (Å²) in [5, 5.41) is 0.633. The minimum absolute atomic E-state index is 0.346. The molecule has 1 saturated carbocycles. The zero-order valence-electron chi connectivity index (χ0n) is 9.53. The third-order valence-electron chi connectivity index (χ3n) is 3.50. The van der Waals surface area contributed by atoms with Crippen LogP contribution >= 0.6 is 11.6 Å². The number of hydrogen-bond donors (Lipinski definition) is 1. The Morgan fingerprint density at radius 1 is 1.24 bits per heavy atom. The fourth-order valence-electron chi connectivity index (χ4n) is 2.47. The molecule has 0 unspecified atom stereocenters. The van der Waals surface area contributed by atoms with Crippen molar-refractivity contribution in [1.29, 1.82) is 0 Å². The van der Waals surface area contributed by atoms with Gasteiger partial charge >= 0.3 is 0 Å². The van der Waals surface area contributed by atoms with Gasteiger partial charge in [0.2, 0.25) is 0 Å². The predicted molar refractivity (Wildman–Crippen MR) is 68.2 cm³/mol. The number of para-hydroxylation sites is 1. The fourth-order valence-corrected chi connectivity index (χ4v) is 2.68. The number of oxazole rings is 1. The second-order valence-corrected chi connectivity index (χ2v) is 5.16. The van der Waals surface area contributed by atoms with E-state index in [9.17, 15) is 0 Å². The zero-order valence-corrected chi connectivity index (χ0v) is 10.3. The van der Waals surface area contributed by atoms with Crippen molar-refractivity contribution < 1.29 is 4.42 Å². The number of rotatable bonds is 1. The van der Waals surface area contributed by atoms with Crippen LogP contribution in [0.15, 0.2) is 22.6 Å². The second kappa shape index (κ2) is 4.31. The molecule has 2 aromatic rings. The maximum Gasteiger partial charge on any atom is 0.198 e. The molecule has 3 nitrogen and oxygen atoms in total. The molecule has 1 aromatic carbocycles. The monoisotopic (exact) mass is 250 g/mol. The van der Waals surface area contributed by atoms with E-state index in [1.807, 2.05) is 18.2 Å². The molecule has 2 N–H and O–H groups in total. The Hall–Kier alpha value is -1.06. The van der Waals surface area contributed by atoms with Gasteiger partial charge in [0.1, 0.15) is 5.52 Å². The molecular weight excluding hydrogens is 236 g/mol. The molecule has 0 radical (unpaired) electrons. The van der Waals surface area contributed by atoms with Gasteiger partial charge in [0.05, 0.1) is 5.02 Å². The quantitative estimate of drug-likeness (QED) is 0.843. The summed E-state index contributed by atoms with van der Waals surface area (Å²) in [5.74, 6) is 1.22. The Labute approximate surface area is 105 Å². The molecule has 17 heavy (non-hydrogen) atoms.